The monoisotopic (exact) mass is 630 g/mol. The Kier molecular flexibility index (Phi) is 7.40. The van der Waals surface area contributed by atoms with Gasteiger partial charge in [0.2, 0.25) is 0 Å². The van der Waals surface area contributed by atoms with Crippen LogP contribution >= 0.6 is 0 Å². The number of nitrogens with one attached hydrogen (secondary N) is 1. The Morgan fingerprint density at radius 3 is 2.20 bits per heavy atom. The molecule has 5 saturated carbocycles. The average molecular weight is 631 g/mol. The van der Waals surface area contributed by atoms with Crippen molar-refractivity contribution >= 4 is 11.7 Å². The largest absolute Gasteiger partial charge is 0.393 e. The van der Waals surface area contributed by atoms with Gasteiger partial charge in [0.1, 0.15) is 0 Å². The number of hydrogen-bond donors (Lipinski definition) is 3. The van der Waals surface area contributed by atoms with E-state index in [2.05, 4.69) is 27.6 Å². The number of fused-ring (bicyclic) bond motifs is 3. The molecule has 8 nitrogen and oxygen atoms in total. The Bertz CT molecular complexity index is 1570. The molecule has 246 valence electrons. The van der Waals surface area contributed by atoms with E-state index in [4.69, 9.17) is 4.52 Å². The first-order chi connectivity index (χ1) is 21.7. The lowest BCUT2D eigenvalue weighted by Gasteiger charge is -2.56. The van der Waals surface area contributed by atoms with Gasteiger partial charge in [-0.3, -0.25) is 4.90 Å². The van der Waals surface area contributed by atoms with Gasteiger partial charge in [0.05, 0.1) is 11.7 Å². The second-order valence-corrected chi connectivity index (χ2v) is 16.1. The summed E-state index contributed by atoms with van der Waals surface area (Å²) in [5, 5.41) is 27.9. The van der Waals surface area contributed by atoms with Crippen LogP contribution in [0.3, 0.4) is 0 Å². The van der Waals surface area contributed by atoms with Crippen LogP contribution in [-0.2, 0) is 16.7 Å². The number of halogens is 1. The first kappa shape index (κ1) is 31.3. The summed E-state index contributed by atoms with van der Waals surface area (Å²) in [6.45, 7) is 7.04. The molecule has 0 unspecified atom stereocenters. The van der Waals surface area contributed by atoms with E-state index in [1.54, 1.807) is 13.8 Å². The Morgan fingerprint density at radius 1 is 0.978 bits per heavy atom. The SMILES string of the molecule is CC(C)(O)c1ccc(-c2cccc(N(CC34CCC(c5noc(C(C)(C)F)n5)(CC3)CC4)C(=O)NC3CC4(CC(O)C4)C3)c2)cc1. The zero-order chi connectivity index (χ0) is 32.5. The topological polar surface area (TPSA) is 112 Å². The number of amides is 2. The van der Waals surface area contributed by atoms with Gasteiger partial charge < -0.3 is 20.1 Å². The van der Waals surface area contributed by atoms with Crippen molar-refractivity contribution in [2.45, 2.75) is 121 Å². The molecule has 2 aromatic carbocycles. The molecule has 46 heavy (non-hydrogen) atoms. The molecule has 1 heterocycles. The summed E-state index contributed by atoms with van der Waals surface area (Å²) in [6.07, 6.45) is 8.78. The van der Waals surface area contributed by atoms with Crippen molar-refractivity contribution in [2.24, 2.45) is 10.8 Å². The molecule has 2 bridgehead atoms. The number of anilines is 1. The van der Waals surface area contributed by atoms with Crippen molar-refractivity contribution < 1.29 is 23.9 Å². The Morgan fingerprint density at radius 2 is 1.63 bits per heavy atom. The number of aliphatic hydroxyl groups excluding tert-OH is 1. The summed E-state index contributed by atoms with van der Waals surface area (Å²) in [4.78, 5) is 20.6. The highest BCUT2D eigenvalue weighted by Gasteiger charge is 2.54. The normalized spacial score (nSPS) is 30.5. The van der Waals surface area contributed by atoms with Crippen LogP contribution in [0.5, 0.6) is 0 Å². The highest BCUT2D eigenvalue weighted by molar-refractivity contribution is 5.93. The standard InChI is InChI=1S/C37H47FN4O4/c1-33(2,38)31-40-30(41-46-31)37-15-12-35(13-16-37,14-17-37)23-42(32(44)39-27-19-36(20-27)21-29(43)22-36)28-7-5-6-25(18-28)24-8-10-26(11-9-24)34(3,4)45/h5-11,18,27,29,43,45H,12-17,19-23H2,1-4H3,(H,39,44). The van der Waals surface area contributed by atoms with Crippen molar-refractivity contribution in [1.82, 2.24) is 15.5 Å². The fraction of sp³-hybridized carbons (Fsp3) is 0.595. The van der Waals surface area contributed by atoms with Crippen LogP contribution in [0.1, 0.15) is 109 Å². The maximum Gasteiger partial charge on any atom is 0.322 e. The number of aliphatic hydroxyl groups is 2. The van der Waals surface area contributed by atoms with Crippen LogP contribution in [-0.4, -0.2) is 45.1 Å². The van der Waals surface area contributed by atoms with E-state index in [-0.39, 0.29) is 40.3 Å². The van der Waals surface area contributed by atoms with Gasteiger partial charge in [0.15, 0.2) is 11.5 Å². The molecule has 0 radical (unpaired) electrons. The van der Waals surface area contributed by atoms with Crippen molar-refractivity contribution in [3.8, 4) is 11.1 Å². The quantitative estimate of drug-likeness (QED) is 0.241. The highest BCUT2D eigenvalue weighted by Crippen LogP contribution is 2.58. The number of rotatable bonds is 8. The van der Waals surface area contributed by atoms with Crippen molar-refractivity contribution in [3.05, 3.63) is 65.8 Å². The number of nitrogens with zero attached hydrogens (tertiary/aromatic N) is 3. The maximum absolute atomic E-state index is 14.5. The van der Waals surface area contributed by atoms with E-state index in [1.165, 1.54) is 13.8 Å². The minimum atomic E-state index is -1.67. The summed E-state index contributed by atoms with van der Waals surface area (Å²) in [5.41, 5.74) is 1.12. The van der Waals surface area contributed by atoms with Gasteiger partial charge in [0, 0.05) is 23.7 Å². The second kappa shape index (κ2) is 10.9. The number of hydrogen-bond acceptors (Lipinski definition) is 6. The van der Waals surface area contributed by atoms with Gasteiger partial charge in [0.25, 0.3) is 5.89 Å². The molecule has 5 fully saturated rings. The third-order valence-corrected chi connectivity index (χ3v) is 11.7. The number of urea groups is 1. The first-order valence-electron chi connectivity index (χ1n) is 16.9. The third-order valence-electron chi connectivity index (χ3n) is 11.7. The molecule has 9 heteroatoms. The minimum Gasteiger partial charge on any atom is -0.393 e. The summed E-state index contributed by atoms with van der Waals surface area (Å²) in [5.74, 6) is 0.658. The summed E-state index contributed by atoms with van der Waals surface area (Å²) < 4.78 is 19.9. The van der Waals surface area contributed by atoms with Gasteiger partial charge in [-0.25, -0.2) is 9.18 Å². The van der Waals surface area contributed by atoms with Crippen LogP contribution in [0.25, 0.3) is 11.1 Å². The number of benzene rings is 2. The molecular formula is C37H47FN4O4. The molecule has 0 saturated heterocycles. The lowest BCUT2D eigenvalue weighted by Crippen LogP contribution is -2.60. The number of carbonyl (C=O) groups is 1. The van der Waals surface area contributed by atoms with E-state index < -0.39 is 11.3 Å². The lowest BCUT2D eigenvalue weighted by molar-refractivity contribution is -0.0945. The number of carbonyl (C=O) groups excluding carboxylic acids is 1. The zero-order valence-electron chi connectivity index (χ0n) is 27.5. The summed E-state index contributed by atoms with van der Waals surface area (Å²) in [6, 6.07) is 16.2. The third kappa shape index (κ3) is 5.74. The lowest BCUT2D eigenvalue weighted by atomic mass is 9.53. The maximum atomic E-state index is 14.5. The molecule has 1 spiro atoms. The Balaban J connectivity index is 1.12. The highest BCUT2D eigenvalue weighted by atomic mass is 19.1. The molecule has 1 aromatic heterocycles. The molecule has 8 rings (SSSR count). The molecule has 5 aliphatic carbocycles. The predicted octanol–water partition coefficient (Wildman–Crippen LogP) is 7.28. The van der Waals surface area contributed by atoms with Gasteiger partial charge >= 0.3 is 6.03 Å². The Labute approximate surface area is 270 Å². The molecule has 3 aromatic rings. The molecule has 2 amide bonds. The minimum absolute atomic E-state index is 0.0333. The predicted molar refractivity (Wildman–Crippen MR) is 174 cm³/mol. The van der Waals surface area contributed by atoms with Crippen LogP contribution in [0, 0.1) is 10.8 Å². The van der Waals surface area contributed by atoms with Crippen LogP contribution < -0.4 is 10.2 Å². The molecular weight excluding hydrogens is 583 g/mol. The van der Waals surface area contributed by atoms with E-state index in [9.17, 15) is 19.4 Å². The van der Waals surface area contributed by atoms with Gasteiger partial charge in [-0.05, 0) is 132 Å². The van der Waals surface area contributed by atoms with E-state index in [0.29, 0.717) is 12.4 Å². The van der Waals surface area contributed by atoms with E-state index >= 15 is 0 Å². The fourth-order valence-electron chi connectivity index (χ4n) is 8.67. The number of aromatic nitrogens is 2. The first-order valence-corrected chi connectivity index (χ1v) is 16.9. The molecule has 0 aliphatic heterocycles. The molecule has 0 atom stereocenters. The molecule has 3 N–H and O–H groups in total. The smallest absolute Gasteiger partial charge is 0.322 e. The van der Waals surface area contributed by atoms with Crippen molar-refractivity contribution in [3.63, 3.8) is 0 Å². The summed E-state index contributed by atoms with van der Waals surface area (Å²) in [7, 11) is 0. The van der Waals surface area contributed by atoms with Crippen LogP contribution in [0.2, 0.25) is 0 Å². The van der Waals surface area contributed by atoms with Gasteiger partial charge in [-0.2, -0.15) is 4.98 Å². The van der Waals surface area contributed by atoms with Crippen LogP contribution in [0.15, 0.2) is 53.1 Å². The molecule has 5 aliphatic rings. The van der Waals surface area contributed by atoms with Gasteiger partial charge in [-0.1, -0.05) is 41.6 Å². The van der Waals surface area contributed by atoms with Crippen LogP contribution in [0.4, 0.5) is 14.9 Å². The average Bonchev–Trinajstić information content (AvgIpc) is 3.51. The number of alkyl halides is 1. The zero-order valence-corrected chi connectivity index (χ0v) is 27.5. The summed E-state index contributed by atoms with van der Waals surface area (Å²) >= 11 is 0. The Hall–Kier alpha value is -3.30. The van der Waals surface area contributed by atoms with Crippen molar-refractivity contribution in [1.29, 1.82) is 0 Å². The fourth-order valence-corrected chi connectivity index (χ4v) is 8.67. The van der Waals surface area contributed by atoms with Gasteiger partial charge in [-0.15, -0.1) is 0 Å². The van der Waals surface area contributed by atoms with E-state index in [0.717, 1.165) is 86.6 Å². The van der Waals surface area contributed by atoms with E-state index in [1.807, 2.05) is 41.3 Å². The second-order valence-electron chi connectivity index (χ2n) is 16.1. The van der Waals surface area contributed by atoms with Crippen molar-refractivity contribution in [2.75, 3.05) is 11.4 Å².